The number of nitrogens with zero attached hydrogens (tertiary/aromatic N) is 2. The molecule has 4 heteroatoms. The molecule has 0 radical (unpaired) electrons. The van der Waals surface area contributed by atoms with Gasteiger partial charge in [0.1, 0.15) is 0 Å². The van der Waals surface area contributed by atoms with E-state index in [1.165, 1.54) is 0 Å². The maximum Gasteiger partial charge on any atom is 0.341 e. The number of aryl methyl sites for hydroxylation is 1. The standard InChI is InChI=1S/C12H16N2O2/c1-9-10(5-4-8-13-9)11(15)16-12(6-7-12)14(2)3/h4-5,8H,6-7H2,1-3H3. The summed E-state index contributed by atoms with van der Waals surface area (Å²) in [4.78, 5) is 18.0. The van der Waals surface area contributed by atoms with Crippen LogP contribution in [0.3, 0.4) is 0 Å². The molecule has 1 aromatic rings. The fourth-order valence-electron chi connectivity index (χ4n) is 1.68. The van der Waals surface area contributed by atoms with Crippen LogP contribution < -0.4 is 0 Å². The highest BCUT2D eigenvalue weighted by atomic mass is 16.6. The van der Waals surface area contributed by atoms with Crippen LogP contribution in [0.4, 0.5) is 0 Å². The molecular formula is C12H16N2O2. The van der Waals surface area contributed by atoms with E-state index in [9.17, 15) is 4.79 Å². The zero-order valence-corrected chi connectivity index (χ0v) is 9.86. The Morgan fingerprint density at radius 1 is 1.50 bits per heavy atom. The number of carbonyl (C=O) groups is 1. The van der Waals surface area contributed by atoms with Crippen LogP contribution in [0.1, 0.15) is 28.9 Å². The van der Waals surface area contributed by atoms with Crippen molar-refractivity contribution in [2.45, 2.75) is 25.5 Å². The van der Waals surface area contributed by atoms with Gasteiger partial charge in [-0.1, -0.05) is 0 Å². The topological polar surface area (TPSA) is 42.4 Å². The summed E-state index contributed by atoms with van der Waals surface area (Å²) in [6.07, 6.45) is 3.49. The first-order chi connectivity index (χ1) is 7.55. The molecule has 4 nitrogen and oxygen atoms in total. The van der Waals surface area contributed by atoms with Gasteiger partial charge in [-0.2, -0.15) is 0 Å². The fraction of sp³-hybridized carbons (Fsp3) is 0.500. The second kappa shape index (κ2) is 3.87. The second-order valence-corrected chi connectivity index (χ2v) is 4.37. The quantitative estimate of drug-likeness (QED) is 0.573. The van der Waals surface area contributed by atoms with E-state index in [4.69, 9.17) is 4.74 Å². The van der Waals surface area contributed by atoms with Crippen molar-refractivity contribution < 1.29 is 9.53 Å². The van der Waals surface area contributed by atoms with Crippen LogP contribution in [-0.4, -0.2) is 35.7 Å². The molecule has 0 unspecified atom stereocenters. The third-order valence-electron chi connectivity index (χ3n) is 3.00. The van der Waals surface area contributed by atoms with Gasteiger partial charge in [0.15, 0.2) is 5.72 Å². The number of carbonyl (C=O) groups excluding carboxylic acids is 1. The predicted octanol–water partition coefficient (Wildman–Crippen LogP) is 1.60. The lowest BCUT2D eigenvalue weighted by atomic mass is 10.2. The van der Waals surface area contributed by atoms with E-state index in [2.05, 4.69) is 4.98 Å². The highest BCUT2D eigenvalue weighted by Gasteiger charge is 2.49. The maximum absolute atomic E-state index is 11.9. The van der Waals surface area contributed by atoms with Crippen molar-refractivity contribution in [3.05, 3.63) is 29.6 Å². The summed E-state index contributed by atoms with van der Waals surface area (Å²) in [5, 5.41) is 0. The maximum atomic E-state index is 11.9. The molecule has 1 aliphatic carbocycles. The molecule has 1 heterocycles. The smallest absolute Gasteiger partial charge is 0.341 e. The summed E-state index contributed by atoms with van der Waals surface area (Å²) in [5.74, 6) is -0.281. The fourth-order valence-corrected chi connectivity index (χ4v) is 1.68. The minimum Gasteiger partial charge on any atom is -0.440 e. The van der Waals surface area contributed by atoms with Gasteiger partial charge >= 0.3 is 5.97 Å². The number of hydrogen-bond donors (Lipinski definition) is 0. The van der Waals surface area contributed by atoms with Crippen LogP contribution >= 0.6 is 0 Å². The molecule has 1 aliphatic rings. The average molecular weight is 220 g/mol. The number of pyridine rings is 1. The molecular weight excluding hydrogens is 204 g/mol. The monoisotopic (exact) mass is 220 g/mol. The van der Waals surface area contributed by atoms with Crippen molar-refractivity contribution in [2.75, 3.05) is 14.1 Å². The van der Waals surface area contributed by atoms with E-state index in [1.54, 1.807) is 18.3 Å². The Bertz CT molecular complexity index is 411. The van der Waals surface area contributed by atoms with Gasteiger partial charge in [-0.25, -0.2) is 4.79 Å². The highest BCUT2D eigenvalue weighted by Crippen LogP contribution is 2.41. The van der Waals surface area contributed by atoms with Crippen LogP contribution in [0.2, 0.25) is 0 Å². The molecule has 1 fully saturated rings. The molecule has 0 aliphatic heterocycles. The first-order valence-electron chi connectivity index (χ1n) is 5.37. The van der Waals surface area contributed by atoms with Gasteiger partial charge in [0.2, 0.25) is 0 Å². The zero-order valence-electron chi connectivity index (χ0n) is 9.86. The molecule has 0 spiro atoms. The molecule has 0 atom stereocenters. The minimum atomic E-state index is -0.376. The van der Waals surface area contributed by atoms with Crippen molar-refractivity contribution >= 4 is 5.97 Å². The molecule has 2 rings (SSSR count). The van der Waals surface area contributed by atoms with Crippen LogP contribution in [-0.2, 0) is 4.74 Å². The minimum absolute atomic E-state index is 0.281. The largest absolute Gasteiger partial charge is 0.440 e. The van der Waals surface area contributed by atoms with E-state index in [0.29, 0.717) is 11.3 Å². The Kier molecular flexibility index (Phi) is 2.68. The van der Waals surface area contributed by atoms with Gasteiger partial charge in [0, 0.05) is 19.0 Å². The lowest BCUT2D eigenvalue weighted by molar-refractivity contribution is -0.0306. The van der Waals surface area contributed by atoms with Gasteiger partial charge in [-0.15, -0.1) is 0 Å². The van der Waals surface area contributed by atoms with Gasteiger partial charge in [0.25, 0.3) is 0 Å². The van der Waals surface area contributed by atoms with Crippen molar-refractivity contribution in [1.29, 1.82) is 0 Å². The predicted molar refractivity (Wildman–Crippen MR) is 60.0 cm³/mol. The third-order valence-corrected chi connectivity index (χ3v) is 3.00. The first-order valence-corrected chi connectivity index (χ1v) is 5.37. The molecule has 0 bridgehead atoms. The zero-order chi connectivity index (χ0) is 11.8. The summed E-state index contributed by atoms with van der Waals surface area (Å²) in [6.45, 7) is 1.81. The molecule has 1 saturated carbocycles. The van der Waals surface area contributed by atoms with E-state index in [0.717, 1.165) is 12.8 Å². The Morgan fingerprint density at radius 3 is 2.69 bits per heavy atom. The lowest BCUT2D eigenvalue weighted by Crippen LogP contribution is -2.35. The molecule has 86 valence electrons. The normalized spacial score (nSPS) is 17.2. The molecule has 0 amide bonds. The number of hydrogen-bond acceptors (Lipinski definition) is 4. The summed E-state index contributed by atoms with van der Waals surface area (Å²) in [6, 6.07) is 3.50. The summed E-state index contributed by atoms with van der Waals surface area (Å²) < 4.78 is 5.52. The molecule has 0 N–H and O–H groups in total. The van der Waals surface area contributed by atoms with E-state index in [1.807, 2.05) is 25.9 Å². The second-order valence-electron chi connectivity index (χ2n) is 4.37. The molecule has 16 heavy (non-hydrogen) atoms. The van der Waals surface area contributed by atoms with E-state index in [-0.39, 0.29) is 11.7 Å². The Balaban J connectivity index is 2.13. The average Bonchev–Trinajstić information content (AvgIpc) is 2.99. The van der Waals surface area contributed by atoms with Crippen molar-refractivity contribution in [2.24, 2.45) is 0 Å². The summed E-state index contributed by atoms with van der Waals surface area (Å²) in [5.41, 5.74) is 0.886. The summed E-state index contributed by atoms with van der Waals surface area (Å²) in [7, 11) is 3.85. The number of esters is 1. The summed E-state index contributed by atoms with van der Waals surface area (Å²) >= 11 is 0. The number of aromatic nitrogens is 1. The third kappa shape index (κ3) is 1.93. The Hall–Kier alpha value is -1.42. The van der Waals surface area contributed by atoms with Crippen LogP contribution in [0, 0.1) is 6.92 Å². The van der Waals surface area contributed by atoms with Crippen molar-refractivity contribution in [3.8, 4) is 0 Å². The van der Waals surface area contributed by atoms with Gasteiger partial charge in [0.05, 0.1) is 11.3 Å². The Labute approximate surface area is 95.2 Å². The van der Waals surface area contributed by atoms with Gasteiger partial charge in [-0.05, 0) is 33.2 Å². The highest BCUT2D eigenvalue weighted by molar-refractivity contribution is 5.90. The van der Waals surface area contributed by atoms with Gasteiger partial charge in [-0.3, -0.25) is 9.88 Å². The van der Waals surface area contributed by atoms with Crippen LogP contribution in [0.25, 0.3) is 0 Å². The molecule has 1 aromatic heterocycles. The van der Waals surface area contributed by atoms with Gasteiger partial charge < -0.3 is 4.74 Å². The van der Waals surface area contributed by atoms with Crippen molar-refractivity contribution in [3.63, 3.8) is 0 Å². The van der Waals surface area contributed by atoms with Crippen LogP contribution in [0.5, 0.6) is 0 Å². The molecule has 0 saturated heterocycles. The first kappa shape index (κ1) is 11.1. The molecule has 0 aromatic carbocycles. The van der Waals surface area contributed by atoms with Crippen molar-refractivity contribution in [1.82, 2.24) is 9.88 Å². The van der Waals surface area contributed by atoms with Crippen LogP contribution in [0.15, 0.2) is 18.3 Å². The lowest BCUT2D eigenvalue weighted by Gasteiger charge is -2.23. The number of ether oxygens (including phenoxy) is 1. The number of rotatable bonds is 3. The Morgan fingerprint density at radius 2 is 2.19 bits per heavy atom. The van der Waals surface area contributed by atoms with E-state index >= 15 is 0 Å². The van der Waals surface area contributed by atoms with E-state index < -0.39 is 0 Å². The SMILES string of the molecule is Cc1ncccc1C(=O)OC1(N(C)C)CC1.